The van der Waals surface area contributed by atoms with E-state index < -0.39 is 5.41 Å². The van der Waals surface area contributed by atoms with Gasteiger partial charge in [-0.1, -0.05) is 25.0 Å². The summed E-state index contributed by atoms with van der Waals surface area (Å²) in [6.45, 7) is 3.63. The zero-order valence-electron chi connectivity index (χ0n) is 15.7. The van der Waals surface area contributed by atoms with Crippen molar-refractivity contribution in [3.8, 4) is 5.75 Å². The molecule has 2 atom stereocenters. The summed E-state index contributed by atoms with van der Waals surface area (Å²) < 4.78 is 11.0. The summed E-state index contributed by atoms with van der Waals surface area (Å²) in [5.74, 6) is 1.01. The maximum absolute atomic E-state index is 13.4. The van der Waals surface area contributed by atoms with Crippen LogP contribution in [0.15, 0.2) is 24.3 Å². The minimum Gasteiger partial charge on any atom is -0.497 e. The van der Waals surface area contributed by atoms with Gasteiger partial charge in [0, 0.05) is 0 Å². The number of rotatable bonds is 5. The molecule has 3 aliphatic rings. The first-order chi connectivity index (χ1) is 12.7. The molecule has 0 bridgehead atoms. The summed E-state index contributed by atoms with van der Waals surface area (Å²) in [7, 11) is 1.67. The zero-order valence-corrected chi connectivity index (χ0v) is 15.7. The number of amides is 1. The molecule has 4 rings (SSSR count). The van der Waals surface area contributed by atoms with Gasteiger partial charge >= 0.3 is 0 Å². The quantitative estimate of drug-likeness (QED) is 0.879. The number of hydrogen-bond donors (Lipinski definition) is 1. The van der Waals surface area contributed by atoms with Crippen molar-refractivity contribution in [3.63, 3.8) is 0 Å². The Kier molecular flexibility index (Phi) is 5.18. The van der Waals surface area contributed by atoms with E-state index in [4.69, 9.17) is 9.47 Å². The van der Waals surface area contributed by atoms with Crippen LogP contribution >= 0.6 is 0 Å². The lowest BCUT2D eigenvalue weighted by Crippen LogP contribution is -2.54. The van der Waals surface area contributed by atoms with Crippen LogP contribution in [0.2, 0.25) is 0 Å². The van der Waals surface area contributed by atoms with E-state index in [9.17, 15) is 4.79 Å². The highest BCUT2D eigenvalue weighted by Gasteiger charge is 2.45. The van der Waals surface area contributed by atoms with Crippen molar-refractivity contribution in [3.05, 3.63) is 29.8 Å². The van der Waals surface area contributed by atoms with E-state index >= 15 is 0 Å². The molecule has 2 saturated heterocycles. The summed E-state index contributed by atoms with van der Waals surface area (Å²) in [5.41, 5.74) is 0.717. The minimum absolute atomic E-state index is 0.108. The van der Waals surface area contributed by atoms with Crippen molar-refractivity contribution in [2.24, 2.45) is 0 Å². The van der Waals surface area contributed by atoms with E-state index in [2.05, 4.69) is 22.3 Å². The van der Waals surface area contributed by atoms with Crippen LogP contribution in [0.5, 0.6) is 5.75 Å². The van der Waals surface area contributed by atoms with E-state index in [0.717, 1.165) is 56.7 Å². The van der Waals surface area contributed by atoms with Crippen LogP contribution in [0, 0.1) is 0 Å². The molecule has 1 aromatic rings. The Balaban J connectivity index is 1.51. The number of carbonyl (C=O) groups excluding carboxylic acids is 1. The molecule has 0 unspecified atom stereocenters. The molecule has 2 aliphatic heterocycles. The molecule has 0 radical (unpaired) electrons. The van der Waals surface area contributed by atoms with Gasteiger partial charge in [-0.3, -0.25) is 9.69 Å². The lowest BCUT2D eigenvalue weighted by atomic mass is 9.77. The largest absolute Gasteiger partial charge is 0.497 e. The third-order valence-corrected chi connectivity index (χ3v) is 6.51. The Morgan fingerprint density at radius 3 is 2.46 bits per heavy atom. The summed E-state index contributed by atoms with van der Waals surface area (Å²) >= 11 is 0. The van der Waals surface area contributed by atoms with Crippen LogP contribution < -0.4 is 10.1 Å². The average Bonchev–Trinajstić information content (AvgIpc) is 3.42. The molecule has 3 fully saturated rings. The highest BCUT2D eigenvalue weighted by Crippen LogP contribution is 2.42. The standard InChI is InChI=1S/C21H30N2O3/c1-25-17-8-6-16(7-9-17)21(10-2-3-11-21)20(24)22-18-14-26-15-19(18)23-12-4-5-13-23/h6-9,18-19H,2-5,10-15H2,1H3,(H,22,24)/t18-,19-/m0/s1. The fourth-order valence-corrected chi connectivity index (χ4v) is 4.96. The van der Waals surface area contributed by atoms with Gasteiger partial charge < -0.3 is 14.8 Å². The first kappa shape index (κ1) is 17.8. The topological polar surface area (TPSA) is 50.8 Å². The normalized spacial score (nSPS) is 28.3. The summed E-state index contributed by atoms with van der Waals surface area (Å²) in [6, 6.07) is 8.50. The molecule has 1 saturated carbocycles. The smallest absolute Gasteiger partial charge is 0.231 e. The van der Waals surface area contributed by atoms with Gasteiger partial charge in [0.05, 0.1) is 37.8 Å². The molecule has 0 aromatic heterocycles. The number of nitrogens with zero attached hydrogens (tertiary/aromatic N) is 1. The van der Waals surface area contributed by atoms with Gasteiger partial charge in [-0.2, -0.15) is 0 Å². The van der Waals surface area contributed by atoms with Gasteiger partial charge in [0.25, 0.3) is 0 Å². The van der Waals surface area contributed by atoms with Crippen molar-refractivity contribution in [1.29, 1.82) is 0 Å². The number of likely N-dealkylation sites (tertiary alicyclic amines) is 1. The fourth-order valence-electron chi connectivity index (χ4n) is 4.96. The third-order valence-electron chi connectivity index (χ3n) is 6.51. The Labute approximate surface area is 156 Å². The molecule has 5 heteroatoms. The second-order valence-corrected chi connectivity index (χ2v) is 7.95. The maximum atomic E-state index is 13.4. The van der Waals surface area contributed by atoms with Gasteiger partial charge in [0.2, 0.25) is 5.91 Å². The van der Waals surface area contributed by atoms with Crippen molar-refractivity contribution in [2.45, 2.75) is 56.0 Å². The van der Waals surface area contributed by atoms with Gasteiger partial charge in [0.15, 0.2) is 0 Å². The summed E-state index contributed by atoms with van der Waals surface area (Å²) in [6.07, 6.45) is 6.58. The van der Waals surface area contributed by atoms with E-state index in [1.54, 1.807) is 7.11 Å². The molecule has 1 aromatic carbocycles. The van der Waals surface area contributed by atoms with Gasteiger partial charge in [-0.05, 0) is 56.5 Å². The SMILES string of the molecule is COc1ccc(C2(C(=O)N[C@H]3COC[C@@H]3N3CCCC3)CCCC2)cc1. The maximum Gasteiger partial charge on any atom is 0.231 e. The lowest BCUT2D eigenvalue weighted by Gasteiger charge is -2.33. The van der Waals surface area contributed by atoms with E-state index in [0.29, 0.717) is 12.6 Å². The van der Waals surface area contributed by atoms with Gasteiger partial charge in [-0.25, -0.2) is 0 Å². The lowest BCUT2D eigenvalue weighted by molar-refractivity contribution is -0.127. The molecule has 1 N–H and O–H groups in total. The second-order valence-electron chi connectivity index (χ2n) is 7.95. The Hall–Kier alpha value is -1.59. The van der Waals surface area contributed by atoms with E-state index in [-0.39, 0.29) is 11.9 Å². The molecular formula is C21H30N2O3. The fraction of sp³-hybridized carbons (Fsp3) is 0.667. The molecule has 5 nitrogen and oxygen atoms in total. The van der Waals surface area contributed by atoms with Crippen LogP contribution in [-0.4, -0.2) is 56.3 Å². The molecule has 26 heavy (non-hydrogen) atoms. The van der Waals surface area contributed by atoms with Crippen molar-refractivity contribution in [2.75, 3.05) is 33.4 Å². The number of hydrogen-bond acceptors (Lipinski definition) is 4. The molecule has 1 aliphatic carbocycles. The molecule has 142 valence electrons. The predicted molar refractivity (Wildman–Crippen MR) is 100 cm³/mol. The monoisotopic (exact) mass is 358 g/mol. The van der Waals surface area contributed by atoms with Crippen LogP contribution in [0.1, 0.15) is 44.1 Å². The van der Waals surface area contributed by atoms with E-state index in [1.807, 2.05) is 12.1 Å². The van der Waals surface area contributed by atoms with Crippen molar-refractivity contribution < 1.29 is 14.3 Å². The molecule has 0 spiro atoms. The first-order valence-corrected chi connectivity index (χ1v) is 10.0. The third kappa shape index (κ3) is 3.23. The second kappa shape index (κ2) is 7.57. The number of nitrogens with one attached hydrogen (secondary N) is 1. The van der Waals surface area contributed by atoms with Crippen LogP contribution in [0.4, 0.5) is 0 Å². The van der Waals surface area contributed by atoms with Gasteiger partial charge in [-0.15, -0.1) is 0 Å². The number of methoxy groups -OCH3 is 1. The van der Waals surface area contributed by atoms with Crippen molar-refractivity contribution in [1.82, 2.24) is 10.2 Å². The highest BCUT2D eigenvalue weighted by atomic mass is 16.5. The number of carbonyl (C=O) groups is 1. The highest BCUT2D eigenvalue weighted by molar-refractivity contribution is 5.89. The van der Waals surface area contributed by atoms with Crippen LogP contribution in [0.25, 0.3) is 0 Å². The average molecular weight is 358 g/mol. The predicted octanol–water partition coefficient (Wildman–Crippen LogP) is 2.49. The first-order valence-electron chi connectivity index (χ1n) is 10.0. The van der Waals surface area contributed by atoms with E-state index in [1.165, 1.54) is 12.8 Å². The van der Waals surface area contributed by atoms with Crippen LogP contribution in [0.3, 0.4) is 0 Å². The summed E-state index contributed by atoms with van der Waals surface area (Å²) in [4.78, 5) is 15.9. The zero-order chi connectivity index (χ0) is 18.0. The minimum atomic E-state index is -0.398. The summed E-state index contributed by atoms with van der Waals surface area (Å²) in [5, 5.41) is 3.38. The number of ether oxygens (including phenoxy) is 2. The molecule has 2 heterocycles. The molecule has 1 amide bonds. The van der Waals surface area contributed by atoms with Crippen molar-refractivity contribution >= 4 is 5.91 Å². The Morgan fingerprint density at radius 2 is 1.81 bits per heavy atom. The molecular weight excluding hydrogens is 328 g/mol. The Bertz CT molecular complexity index is 619. The number of benzene rings is 1. The van der Waals surface area contributed by atoms with Crippen LogP contribution in [-0.2, 0) is 14.9 Å². The Morgan fingerprint density at radius 1 is 1.12 bits per heavy atom. The van der Waals surface area contributed by atoms with Gasteiger partial charge in [0.1, 0.15) is 5.75 Å².